The van der Waals surface area contributed by atoms with E-state index in [4.69, 9.17) is 5.73 Å². The average Bonchev–Trinajstić information content (AvgIpc) is 2.70. The van der Waals surface area contributed by atoms with Gasteiger partial charge in [-0.25, -0.2) is 4.39 Å². The van der Waals surface area contributed by atoms with Crippen LogP contribution in [-0.2, 0) is 6.54 Å². The lowest BCUT2D eigenvalue weighted by Gasteiger charge is -2.01. The molecule has 78 valence electrons. The molecular formula is C11H9BrFNS. The highest BCUT2D eigenvalue weighted by atomic mass is 79.9. The van der Waals surface area contributed by atoms with Crippen molar-refractivity contribution in [3.63, 3.8) is 0 Å². The highest BCUT2D eigenvalue weighted by Gasteiger charge is 2.09. The Kier molecular flexibility index (Phi) is 3.19. The lowest BCUT2D eigenvalue weighted by Crippen LogP contribution is -1.91. The molecule has 0 aliphatic heterocycles. The fraction of sp³-hybridized carbons (Fsp3) is 0.0909. The summed E-state index contributed by atoms with van der Waals surface area (Å²) < 4.78 is 14.2. The Balaban J connectivity index is 2.49. The van der Waals surface area contributed by atoms with E-state index in [-0.39, 0.29) is 5.82 Å². The van der Waals surface area contributed by atoms with Crippen LogP contribution < -0.4 is 5.73 Å². The average molecular weight is 286 g/mol. The summed E-state index contributed by atoms with van der Waals surface area (Å²) in [5, 5.41) is 1.92. The first kappa shape index (κ1) is 10.8. The van der Waals surface area contributed by atoms with Crippen LogP contribution in [-0.4, -0.2) is 0 Å². The Morgan fingerprint density at radius 3 is 2.87 bits per heavy atom. The number of halogens is 2. The summed E-state index contributed by atoms with van der Waals surface area (Å²) in [6.45, 7) is 0.500. The Bertz CT molecular complexity index is 481. The summed E-state index contributed by atoms with van der Waals surface area (Å²) in [7, 11) is 0. The molecule has 1 heterocycles. The van der Waals surface area contributed by atoms with E-state index in [9.17, 15) is 4.39 Å². The SMILES string of the molecule is NCc1cc(-c2cccc(Br)c2F)cs1. The van der Waals surface area contributed by atoms with Crippen molar-refractivity contribution in [3.8, 4) is 11.1 Å². The van der Waals surface area contributed by atoms with Gasteiger partial charge < -0.3 is 5.73 Å². The van der Waals surface area contributed by atoms with E-state index in [1.54, 1.807) is 23.5 Å². The van der Waals surface area contributed by atoms with Crippen molar-refractivity contribution in [2.45, 2.75) is 6.54 Å². The summed E-state index contributed by atoms with van der Waals surface area (Å²) in [4.78, 5) is 1.06. The molecule has 2 rings (SSSR count). The van der Waals surface area contributed by atoms with Crippen LogP contribution in [0.15, 0.2) is 34.1 Å². The van der Waals surface area contributed by atoms with Crippen LogP contribution in [0.2, 0.25) is 0 Å². The normalized spacial score (nSPS) is 10.6. The number of rotatable bonds is 2. The van der Waals surface area contributed by atoms with E-state index in [2.05, 4.69) is 15.9 Å². The third-order valence-electron chi connectivity index (χ3n) is 2.12. The van der Waals surface area contributed by atoms with Gasteiger partial charge >= 0.3 is 0 Å². The third-order valence-corrected chi connectivity index (χ3v) is 3.69. The number of hydrogen-bond donors (Lipinski definition) is 1. The van der Waals surface area contributed by atoms with Gasteiger partial charge in [-0.15, -0.1) is 11.3 Å². The molecule has 15 heavy (non-hydrogen) atoms. The van der Waals surface area contributed by atoms with Crippen molar-refractivity contribution in [2.24, 2.45) is 5.73 Å². The molecule has 2 N–H and O–H groups in total. The van der Waals surface area contributed by atoms with Gasteiger partial charge in [-0.3, -0.25) is 0 Å². The third kappa shape index (κ3) is 2.12. The first-order valence-electron chi connectivity index (χ1n) is 4.44. The molecule has 0 unspecified atom stereocenters. The molecule has 1 aromatic carbocycles. The van der Waals surface area contributed by atoms with Crippen LogP contribution in [0.25, 0.3) is 11.1 Å². The van der Waals surface area contributed by atoms with Crippen molar-refractivity contribution < 1.29 is 4.39 Å². The Hall–Kier alpha value is -0.710. The highest BCUT2D eigenvalue weighted by Crippen LogP contribution is 2.30. The second-order valence-electron chi connectivity index (χ2n) is 3.11. The second kappa shape index (κ2) is 4.43. The van der Waals surface area contributed by atoms with E-state index in [1.807, 2.05) is 17.5 Å². The fourth-order valence-electron chi connectivity index (χ4n) is 1.36. The molecular weight excluding hydrogens is 277 g/mol. The molecule has 0 atom stereocenters. The number of nitrogens with two attached hydrogens (primary N) is 1. The van der Waals surface area contributed by atoms with Crippen LogP contribution in [0.1, 0.15) is 4.88 Å². The maximum absolute atomic E-state index is 13.7. The summed E-state index contributed by atoms with van der Waals surface area (Å²) in [5.74, 6) is -0.223. The van der Waals surface area contributed by atoms with E-state index in [1.165, 1.54) is 0 Å². The topological polar surface area (TPSA) is 26.0 Å². The lowest BCUT2D eigenvalue weighted by molar-refractivity contribution is 0.625. The Labute approximate surface area is 99.9 Å². The molecule has 0 bridgehead atoms. The molecule has 1 aromatic heterocycles. The molecule has 2 aromatic rings. The molecule has 0 spiro atoms. The minimum atomic E-state index is -0.223. The largest absolute Gasteiger partial charge is 0.326 e. The van der Waals surface area contributed by atoms with Crippen molar-refractivity contribution in [3.05, 3.63) is 44.8 Å². The minimum Gasteiger partial charge on any atom is -0.326 e. The Morgan fingerprint density at radius 1 is 1.40 bits per heavy atom. The Morgan fingerprint density at radius 2 is 2.20 bits per heavy atom. The summed E-state index contributed by atoms with van der Waals surface area (Å²) >= 11 is 4.72. The van der Waals surface area contributed by atoms with Gasteiger partial charge in [0, 0.05) is 17.0 Å². The van der Waals surface area contributed by atoms with Crippen LogP contribution >= 0.6 is 27.3 Å². The molecule has 0 aliphatic carbocycles. The molecule has 1 nitrogen and oxygen atoms in total. The van der Waals surface area contributed by atoms with Gasteiger partial charge in [0.25, 0.3) is 0 Å². The summed E-state index contributed by atoms with van der Waals surface area (Å²) in [6.07, 6.45) is 0. The van der Waals surface area contributed by atoms with E-state index in [0.29, 0.717) is 16.6 Å². The van der Waals surface area contributed by atoms with Crippen molar-refractivity contribution in [2.75, 3.05) is 0 Å². The molecule has 0 aliphatic rings. The van der Waals surface area contributed by atoms with Crippen LogP contribution in [0.4, 0.5) is 4.39 Å². The zero-order valence-corrected chi connectivity index (χ0v) is 10.2. The summed E-state index contributed by atoms with van der Waals surface area (Å²) in [6, 6.07) is 7.20. The second-order valence-corrected chi connectivity index (χ2v) is 4.96. The van der Waals surface area contributed by atoms with Crippen LogP contribution in [0, 0.1) is 5.82 Å². The van der Waals surface area contributed by atoms with E-state index < -0.39 is 0 Å². The molecule has 4 heteroatoms. The van der Waals surface area contributed by atoms with Crippen molar-refractivity contribution in [1.29, 1.82) is 0 Å². The molecule has 0 radical (unpaired) electrons. The van der Waals surface area contributed by atoms with Gasteiger partial charge in [0.15, 0.2) is 0 Å². The minimum absolute atomic E-state index is 0.223. The van der Waals surface area contributed by atoms with Gasteiger partial charge in [0.05, 0.1) is 4.47 Å². The smallest absolute Gasteiger partial charge is 0.145 e. The van der Waals surface area contributed by atoms with Crippen molar-refractivity contribution in [1.82, 2.24) is 0 Å². The molecule has 0 fully saturated rings. The monoisotopic (exact) mass is 285 g/mol. The first-order valence-corrected chi connectivity index (χ1v) is 6.11. The number of thiophene rings is 1. The predicted octanol–water partition coefficient (Wildman–Crippen LogP) is 3.78. The van der Waals surface area contributed by atoms with Crippen LogP contribution in [0.3, 0.4) is 0 Å². The lowest BCUT2D eigenvalue weighted by atomic mass is 10.1. The van der Waals surface area contributed by atoms with Gasteiger partial charge in [0.1, 0.15) is 5.82 Å². The van der Waals surface area contributed by atoms with E-state index >= 15 is 0 Å². The van der Waals surface area contributed by atoms with Gasteiger partial charge in [-0.1, -0.05) is 12.1 Å². The predicted molar refractivity (Wildman–Crippen MR) is 65.3 cm³/mol. The summed E-state index contributed by atoms with van der Waals surface area (Å²) in [5.41, 5.74) is 7.02. The molecule has 0 saturated carbocycles. The van der Waals surface area contributed by atoms with Crippen LogP contribution in [0.5, 0.6) is 0 Å². The number of hydrogen-bond acceptors (Lipinski definition) is 2. The standard InChI is InChI=1S/C11H9BrFNS/c12-10-3-1-2-9(11(10)13)7-4-8(5-14)15-6-7/h1-4,6H,5,14H2. The maximum Gasteiger partial charge on any atom is 0.145 e. The molecule has 0 amide bonds. The maximum atomic E-state index is 13.7. The van der Waals surface area contributed by atoms with Crippen molar-refractivity contribution >= 4 is 27.3 Å². The zero-order chi connectivity index (χ0) is 10.8. The zero-order valence-electron chi connectivity index (χ0n) is 7.84. The van der Waals surface area contributed by atoms with E-state index in [0.717, 1.165) is 10.4 Å². The van der Waals surface area contributed by atoms with Gasteiger partial charge in [0.2, 0.25) is 0 Å². The first-order chi connectivity index (χ1) is 7.22. The highest BCUT2D eigenvalue weighted by molar-refractivity contribution is 9.10. The van der Waals surface area contributed by atoms with Gasteiger partial charge in [-0.2, -0.15) is 0 Å². The fourth-order valence-corrected chi connectivity index (χ4v) is 2.49. The quantitative estimate of drug-likeness (QED) is 0.893. The number of benzene rings is 1. The molecule has 0 saturated heterocycles. The van der Waals surface area contributed by atoms with Gasteiger partial charge in [-0.05, 0) is 39.0 Å².